The maximum atomic E-state index is 12.8. The molecule has 0 N–H and O–H groups in total. The van der Waals surface area contributed by atoms with Gasteiger partial charge in [-0.2, -0.15) is 0 Å². The van der Waals surface area contributed by atoms with Crippen LogP contribution in [-0.2, 0) is 19.1 Å². The minimum absolute atomic E-state index is 0.128. The zero-order chi connectivity index (χ0) is 18.8. The van der Waals surface area contributed by atoms with E-state index in [2.05, 4.69) is 0 Å². The first-order valence-corrected chi connectivity index (χ1v) is 9.40. The lowest BCUT2D eigenvalue weighted by Crippen LogP contribution is -2.47. The molecule has 1 unspecified atom stereocenters. The van der Waals surface area contributed by atoms with Gasteiger partial charge in [0.15, 0.2) is 0 Å². The summed E-state index contributed by atoms with van der Waals surface area (Å²) in [4.78, 5) is 40.2. The number of carbonyl (C=O) groups excluding carboxylic acids is 3. The van der Waals surface area contributed by atoms with Gasteiger partial charge in [-0.1, -0.05) is 23.2 Å². The molecular formula is C18H20Cl2N2O4. The van der Waals surface area contributed by atoms with E-state index in [-0.39, 0.29) is 30.1 Å². The molecule has 26 heavy (non-hydrogen) atoms. The van der Waals surface area contributed by atoms with Gasteiger partial charge in [0.2, 0.25) is 5.91 Å². The Morgan fingerprint density at radius 1 is 1.19 bits per heavy atom. The largest absolute Gasteiger partial charge is 0.466 e. The fourth-order valence-electron chi connectivity index (χ4n) is 3.50. The van der Waals surface area contributed by atoms with Crippen molar-refractivity contribution in [2.45, 2.75) is 32.2 Å². The number of carbonyl (C=O) groups is 3. The summed E-state index contributed by atoms with van der Waals surface area (Å²) in [5.41, 5.74) is 0.429. The highest BCUT2D eigenvalue weighted by Gasteiger charge is 2.44. The lowest BCUT2D eigenvalue weighted by Gasteiger charge is -2.33. The van der Waals surface area contributed by atoms with Gasteiger partial charge in [-0.25, -0.2) is 4.90 Å². The Kier molecular flexibility index (Phi) is 5.85. The lowest BCUT2D eigenvalue weighted by atomic mass is 9.95. The molecule has 0 aliphatic carbocycles. The molecule has 2 aliphatic heterocycles. The molecule has 0 saturated carbocycles. The van der Waals surface area contributed by atoms with Gasteiger partial charge in [-0.05, 0) is 51.1 Å². The van der Waals surface area contributed by atoms with Gasteiger partial charge in [0.1, 0.15) is 0 Å². The number of esters is 1. The Bertz CT molecular complexity index is 732. The number of rotatable bonds is 4. The van der Waals surface area contributed by atoms with E-state index >= 15 is 0 Å². The van der Waals surface area contributed by atoms with E-state index in [1.54, 1.807) is 19.1 Å². The van der Waals surface area contributed by atoms with Crippen LogP contribution in [0.25, 0.3) is 0 Å². The molecule has 1 aromatic carbocycles. The maximum Gasteiger partial charge on any atom is 0.309 e. The zero-order valence-electron chi connectivity index (χ0n) is 14.4. The number of piperidine rings is 1. The molecule has 2 aliphatic rings. The van der Waals surface area contributed by atoms with E-state index in [1.165, 1.54) is 11.0 Å². The highest BCUT2D eigenvalue weighted by atomic mass is 35.5. The van der Waals surface area contributed by atoms with Gasteiger partial charge < -0.3 is 4.74 Å². The molecule has 3 rings (SSSR count). The summed E-state index contributed by atoms with van der Waals surface area (Å²) in [5.74, 6) is -0.836. The summed E-state index contributed by atoms with van der Waals surface area (Å²) in [6.45, 7) is 3.32. The molecule has 140 valence electrons. The third-order valence-electron chi connectivity index (χ3n) is 4.87. The summed E-state index contributed by atoms with van der Waals surface area (Å²) in [6, 6.07) is 4.20. The molecule has 8 heteroatoms. The van der Waals surface area contributed by atoms with Crippen LogP contribution in [-0.4, -0.2) is 48.4 Å². The first-order valence-electron chi connectivity index (χ1n) is 8.65. The van der Waals surface area contributed by atoms with Crippen LogP contribution in [0.3, 0.4) is 0 Å². The van der Waals surface area contributed by atoms with Crippen molar-refractivity contribution in [3.63, 3.8) is 0 Å². The lowest BCUT2D eigenvalue weighted by molar-refractivity contribution is -0.149. The molecule has 1 aromatic rings. The minimum Gasteiger partial charge on any atom is -0.466 e. The number of anilines is 1. The molecule has 1 atom stereocenters. The predicted octanol–water partition coefficient (Wildman–Crippen LogP) is 2.90. The van der Waals surface area contributed by atoms with Crippen molar-refractivity contribution in [1.82, 2.24) is 4.90 Å². The number of hydrogen-bond acceptors (Lipinski definition) is 5. The van der Waals surface area contributed by atoms with E-state index in [0.717, 1.165) is 0 Å². The average molecular weight is 399 g/mol. The number of nitrogens with zero attached hydrogens (tertiary/aromatic N) is 2. The Balaban J connectivity index is 1.68. The number of halogens is 2. The normalized spacial score (nSPS) is 22.1. The SMILES string of the molecule is CCOC(=O)C1CCN(C2CC(=O)N(c3ccc(Cl)c(Cl)c3)C2=O)CC1. The van der Waals surface area contributed by atoms with Crippen molar-refractivity contribution >= 4 is 46.7 Å². The van der Waals surface area contributed by atoms with Crippen LogP contribution in [0, 0.1) is 5.92 Å². The summed E-state index contributed by atoms with van der Waals surface area (Å²) >= 11 is 11.9. The van der Waals surface area contributed by atoms with Crippen LogP contribution in [0.4, 0.5) is 5.69 Å². The minimum atomic E-state index is -0.500. The fraction of sp³-hybridized carbons (Fsp3) is 0.500. The van der Waals surface area contributed by atoms with Crippen LogP contribution in [0.1, 0.15) is 26.2 Å². The summed E-state index contributed by atoms with van der Waals surface area (Å²) in [5, 5.41) is 0.663. The Morgan fingerprint density at radius 3 is 2.50 bits per heavy atom. The quantitative estimate of drug-likeness (QED) is 0.576. The van der Waals surface area contributed by atoms with Gasteiger partial charge in [0.25, 0.3) is 5.91 Å². The van der Waals surface area contributed by atoms with Gasteiger partial charge in [0, 0.05) is 0 Å². The first kappa shape index (κ1) is 19.1. The zero-order valence-corrected chi connectivity index (χ0v) is 15.9. The van der Waals surface area contributed by atoms with Gasteiger partial charge in [0.05, 0.1) is 40.7 Å². The second-order valence-corrected chi connectivity index (χ2v) is 7.26. The number of ether oxygens (including phenoxy) is 1. The Morgan fingerprint density at radius 2 is 1.88 bits per heavy atom. The molecule has 0 bridgehead atoms. The van der Waals surface area contributed by atoms with Crippen LogP contribution in [0.15, 0.2) is 18.2 Å². The number of likely N-dealkylation sites (tertiary alicyclic amines) is 1. The highest BCUT2D eigenvalue weighted by Crippen LogP contribution is 2.32. The van der Waals surface area contributed by atoms with Crippen LogP contribution in [0.5, 0.6) is 0 Å². The summed E-state index contributed by atoms with van der Waals surface area (Å²) in [7, 11) is 0. The monoisotopic (exact) mass is 398 g/mol. The topological polar surface area (TPSA) is 66.9 Å². The fourth-order valence-corrected chi connectivity index (χ4v) is 3.80. The number of imide groups is 1. The average Bonchev–Trinajstić information content (AvgIpc) is 2.92. The van der Waals surface area contributed by atoms with E-state index in [1.807, 2.05) is 4.90 Å². The molecular weight excluding hydrogens is 379 g/mol. The van der Waals surface area contributed by atoms with Crippen molar-refractivity contribution in [2.24, 2.45) is 5.92 Å². The van der Waals surface area contributed by atoms with Crippen molar-refractivity contribution in [3.8, 4) is 0 Å². The highest BCUT2D eigenvalue weighted by molar-refractivity contribution is 6.42. The van der Waals surface area contributed by atoms with E-state index < -0.39 is 6.04 Å². The second-order valence-electron chi connectivity index (χ2n) is 6.45. The molecule has 2 heterocycles. The smallest absolute Gasteiger partial charge is 0.309 e. The molecule has 0 spiro atoms. The second kappa shape index (κ2) is 7.94. The summed E-state index contributed by atoms with van der Waals surface area (Å²) < 4.78 is 5.07. The van der Waals surface area contributed by atoms with Crippen LogP contribution < -0.4 is 4.90 Å². The van der Waals surface area contributed by atoms with Gasteiger partial charge in [-0.15, -0.1) is 0 Å². The van der Waals surface area contributed by atoms with Crippen molar-refractivity contribution in [1.29, 1.82) is 0 Å². The molecule has 0 aromatic heterocycles. The number of benzene rings is 1. The number of amides is 2. The van der Waals surface area contributed by atoms with Crippen molar-refractivity contribution < 1.29 is 19.1 Å². The molecule has 2 saturated heterocycles. The van der Waals surface area contributed by atoms with E-state index in [0.29, 0.717) is 48.3 Å². The van der Waals surface area contributed by atoms with Crippen LogP contribution in [0.2, 0.25) is 10.0 Å². The van der Waals surface area contributed by atoms with E-state index in [9.17, 15) is 14.4 Å². The maximum absolute atomic E-state index is 12.8. The van der Waals surface area contributed by atoms with Gasteiger partial charge >= 0.3 is 5.97 Å². The van der Waals surface area contributed by atoms with Crippen LogP contribution >= 0.6 is 23.2 Å². The van der Waals surface area contributed by atoms with E-state index in [4.69, 9.17) is 27.9 Å². The third-order valence-corrected chi connectivity index (χ3v) is 5.61. The Hall–Kier alpha value is -1.63. The van der Waals surface area contributed by atoms with Gasteiger partial charge in [-0.3, -0.25) is 19.3 Å². The molecule has 0 radical (unpaired) electrons. The third kappa shape index (κ3) is 3.72. The van der Waals surface area contributed by atoms with Crippen molar-refractivity contribution in [2.75, 3.05) is 24.6 Å². The molecule has 6 nitrogen and oxygen atoms in total. The summed E-state index contributed by atoms with van der Waals surface area (Å²) in [6.07, 6.45) is 1.39. The Labute approximate surface area is 162 Å². The molecule has 2 fully saturated rings. The van der Waals surface area contributed by atoms with Crippen molar-refractivity contribution in [3.05, 3.63) is 28.2 Å². The first-order chi connectivity index (χ1) is 12.4. The molecule has 2 amide bonds. The predicted molar refractivity (Wildman–Crippen MR) is 98.3 cm³/mol. The number of hydrogen-bond donors (Lipinski definition) is 0. The standard InChI is InChI=1S/C18H20Cl2N2O4/c1-2-26-18(25)11-5-7-21(8-6-11)15-10-16(23)22(17(15)24)12-3-4-13(19)14(20)9-12/h3-4,9,11,15H,2,5-8,10H2,1H3.